The number of rotatable bonds is 4. The van der Waals surface area contributed by atoms with Crippen LogP contribution in [0.4, 0.5) is 4.39 Å². The Morgan fingerprint density at radius 3 is 2.75 bits per heavy atom. The lowest BCUT2D eigenvalue weighted by atomic mass is 10.0. The fourth-order valence-corrected chi connectivity index (χ4v) is 2.61. The molecule has 5 nitrogen and oxygen atoms in total. The van der Waals surface area contributed by atoms with Gasteiger partial charge in [-0.1, -0.05) is 23.7 Å². The summed E-state index contributed by atoms with van der Waals surface area (Å²) in [5.41, 5.74) is 6.37. The maximum absolute atomic E-state index is 12.8. The Morgan fingerprint density at radius 2 is 2.10 bits per heavy atom. The topological polar surface area (TPSA) is 87.7 Å². The molecule has 0 saturated heterocycles. The third-order valence-corrected chi connectivity index (χ3v) is 3.64. The molecule has 0 spiro atoms. The molecule has 1 aliphatic rings. The van der Waals surface area contributed by atoms with E-state index in [0.717, 1.165) is 24.8 Å². The van der Waals surface area contributed by atoms with Crippen molar-refractivity contribution in [1.82, 2.24) is 5.32 Å². The van der Waals surface area contributed by atoms with E-state index < -0.39 is 0 Å². The Bertz CT molecular complexity index is 502. The number of amides is 1. The minimum Gasteiger partial charge on any atom is -0.409 e. The predicted molar refractivity (Wildman–Crippen MR) is 72.8 cm³/mol. The maximum Gasteiger partial charge on any atom is 0.224 e. The lowest BCUT2D eigenvalue weighted by Crippen LogP contribution is -2.43. The van der Waals surface area contributed by atoms with Gasteiger partial charge in [-0.2, -0.15) is 0 Å². The maximum atomic E-state index is 12.8. The molecule has 4 N–H and O–H groups in total. The van der Waals surface area contributed by atoms with Crippen molar-refractivity contribution < 1.29 is 14.4 Å². The number of nitrogens with zero attached hydrogens (tertiary/aromatic N) is 1. The molecule has 1 aromatic rings. The van der Waals surface area contributed by atoms with Crippen molar-refractivity contribution in [2.75, 3.05) is 0 Å². The number of halogens is 1. The van der Waals surface area contributed by atoms with E-state index in [2.05, 4.69) is 10.5 Å². The lowest BCUT2D eigenvalue weighted by Gasteiger charge is -2.19. The Kier molecular flexibility index (Phi) is 4.55. The van der Waals surface area contributed by atoms with E-state index in [-0.39, 0.29) is 35.9 Å². The summed E-state index contributed by atoms with van der Waals surface area (Å²) in [6.45, 7) is 0. The van der Waals surface area contributed by atoms with Gasteiger partial charge in [0.2, 0.25) is 5.91 Å². The first-order valence-corrected chi connectivity index (χ1v) is 6.61. The van der Waals surface area contributed by atoms with Crippen LogP contribution in [0, 0.1) is 11.7 Å². The van der Waals surface area contributed by atoms with Gasteiger partial charge in [-0.15, -0.1) is 0 Å². The molecular formula is C14H18FN3O2. The second kappa shape index (κ2) is 6.36. The summed E-state index contributed by atoms with van der Waals surface area (Å²) in [6.07, 6.45) is 2.75. The molecule has 0 bridgehead atoms. The van der Waals surface area contributed by atoms with Gasteiger partial charge in [0.05, 0.1) is 6.42 Å². The second-order valence-corrected chi connectivity index (χ2v) is 5.04. The zero-order valence-corrected chi connectivity index (χ0v) is 11.1. The van der Waals surface area contributed by atoms with Crippen LogP contribution in [-0.2, 0) is 11.2 Å². The van der Waals surface area contributed by atoms with E-state index >= 15 is 0 Å². The highest BCUT2D eigenvalue weighted by Gasteiger charge is 2.31. The minimum atomic E-state index is -0.322. The van der Waals surface area contributed by atoms with Gasteiger partial charge in [-0.25, -0.2) is 4.39 Å². The van der Waals surface area contributed by atoms with Crippen molar-refractivity contribution in [3.63, 3.8) is 0 Å². The molecule has 2 rings (SSSR count). The average molecular weight is 279 g/mol. The van der Waals surface area contributed by atoms with Gasteiger partial charge in [-0.3, -0.25) is 4.79 Å². The Hall–Kier alpha value is -2.11. The highest BCUT2D eigenvalue weighted by Crippen LogP contribution is 2.25. The van der Waals surface area contributed by atoms with Gasteiger partial charge in [0.1, 0.15) is 11.7 Å². The molecule has 108 valence electrons. The zero-order valence-electron chi connectivity index (χ0n) is 11.1. The molecular weight excluding hydrogens is 261 g/mol. The quantitative estimate of drug-likeness (QED) is 0.337. The Balaban J connectivity index is 1.92. The van der Waals surface area contributed by atoms with Crippen LogP contribution in [0.5, 0.6) is 0 Å². The molecule has 1 amide bonds. The zero-order chi connectivity index (χ0) is 14.5. The fourth-order valence-electron chi connectivity index (χ4n) is 2.61. The van der Waals surface area contributed by atoms with Crippen LogP contribution in [0.3, 0.4) is 0 Å². The minimum absolute atomic E-state index is 0.0983. The van der Waals surface area contributed by atoms with E-state index in [1.165, 1.54) is 12.1 Å². The lowest BCUT2D eigenvalue weighted by molar-refractivity contribution is -0.121. The molecule has 1 aromatic carbocycles. The molecule has 0 heterocycles. The number of hydrogen-bond donors (Lipinski definition) is 3. The van der Waals surface area contributed by atoms with Crippen LogP contribution < -0.4 is 11.1 Å². The van der Waals surface area contributed by atoms with Crippen LogP contribution in [0.1, 0.15) is 24.8 Å². The van der Waals surface area contributed by atoms with E-state index in [4.69, 9.17) is 10.9 Å². The second-order valence-electron chi connectivity index (χ2n) is 5.04. The van der Waals surface area contributed by atoms with Gasteiger partial charge in [0.25, 0.3) is 0 Å². The molecule has 1 aliphatic carbocycles. The first-order valence-electron chi connectivity index (χ1n) is 6.61. The number of oxime groups is 1. The van der Waals surface area contributed by atoms with E-state index in [0.29, 0.717) is 0 Å². The number of amidine groups is 1. The Labute approximate surface area is 116 Å². The smallest absolute Gasteiger partial charge is 0.224 e. The molecule has 20 heavy (non-hydrogen) atoms. The normalized spacial score (nSPS) is 22.8. The van der Waals surface area contributed by atoms with E-state index in [1.807, 2.05) is 0 Å². The summed E-state index contributed by atoms with van der Waals surface area (Å²) in [6, 6.07) is 5.74. The third-order valence-electron chi connectivity index (χ3n) is 3.64. The standard InChI is InChI=1S/C14H18FN3O2/c15-10-6-4-9(5-7-10)8-13(19)17-12-3-1-2-11(12)14(16)18-20/h4-7,11-12,20H,1-3,8H2,(H2,16,18)(H,17,19). The van der Waals surface area contributed by atoms with Crippen molar-refractivity contribution in [3.05, 3.63) is 35.6 Å². The van der Waals surface area contributed by atoms with E-state index in [1.54, 1.807) is 12.1 Å². The molecule has 6 heteroatoms. The number of benzene rings is 1. The highest BCUT2D eigenvalue weighted by atomic mass is 19.1. The molecule has 0 aromatic heterocycles. The molecule has 1 fully saturated rings. The van der Waals surface area contributed by atoms with Gasteiger partial charge in [-0.05, 0) is 30.5 Å². The van der Waals surface area contributed by atoms with Crippen molar-refractivity contribution in [3.8, 4) is 0 Å². The van der Waals surface area contributed by atoms with Crippen molar-refractivity contribution in [1.29, 1.82) is 0 Å². The average Bonchev–Trinajstić information content (AvgIpc) is 2.88. The summed E-state index contributed by atoms with van der Waals surface area (Å²) in [7, 11) is 0. The first kappa shape index (κ1) is 14.3. The summed E-state index contributed by atoms with van der Waals surface area (Å²) >= 11 is 0. The first-order chi connectivity index (χ1) is 9.60. The van der Waals surface area contributed by atoms with Gasteiger partial charge < -0.3 is 16.3 Å². The van der Waals surface area contributed by atoms with Crippen LogP contribution >= 0.6 is 0 Å². The number of carbonyl (C=O) groups is 1. The van der Waals surface area contributed by atoms with Crippen molar-refractivity contribution >= 4 is 11.7 Å². The summed E-state index contributed by atoms with van der Waals surface area (Å²) in [5, 5.41) is 14.6. The van der Waals surface area contributed by atoms with E-state index in [9.17, 15) is 9.18 Å². The predicted octanol–water partition coefficient (Wildman–Crippen LogP) is 1.40. The number of carbonyl (C=O) groups excluding carboxylic acids is 1. The monoisotopic (exact) mass is 279 g/mol. The summed E-state index contributed by atoms with van der Waals surface area (Å²) in [4.78, 5) is 12.0. The number of hydrogen-bond acceptors (Lipinski definition) is 3. The van der Waals surface area contributed by atoms with Gasteiger partial charge >= 0.3 is 0 Å². The molecule has 1 saturated carbocycles. The van der Waals surface area contributed by atoms with Gasteiger partial charge in [0.15, 0.2) is 0 Å². The molecule has 0 aliphatic heterocycles. The SMILES string of the molecule is NC(=NO)C1CCCC1NC(=O)Cc1ccc(F)cc1. The fraction of sp³-hybridized carbons (Fsp3) is 0.429. The number of nitrogens with two attached hydrogens (primary N) is 1. The molecule has 2 atom stereocenters. The molecule has 0 radical (unpaired) electrons. The van der Waals surface area contributed by atoms with Crippen LogP contribution in [-0.4, -0.2) is 23.0 Å². The summed E-state index contributed by atoms with van der Waals surface area (Å²) < 4.78 is 12.8. The summed E-state index contributed by atoms with van der Waals surface area (Å²) in [5.74, 6) is -0.414. The van der Waals surface area contributed by atoms with Crippen LogP contribution in [0.2, 0.25) is 0 Å². The van der Waals surface area contributed by atoms with Crippen molar-refractivity contribution in [2.24, 2.45) is 16.8 Å². The van der Waals surface area contributed by atoms with Crippen LogP contribution in [0.25, 0.3) is 0 Å². The van der Waals surface area contributed by atoms with Crippen molar-refractivity contribution in [2.45, 2.75) is 31.7 Å². The Morgan fingerprint density at radius 1 is 1.40 bits per heavy atom. The highest BCUT2D eigenvalue weighted by molar-refractivity contribution is 5.85. The number of nitrogens with one attached hydrogen (secondary N) is 1. The molecule has 2 unspecified atom stereocenters. The van der Waals surface area contributed by atoms with Gasteiger partial charge in [0, 0.05) is 12.0 Å². The van der Waals surface area contributed by atoms with Crippen LogP contribution in [0.15, 0.2) is 29.4 Å². The third kappa shape index (κ3) is 3.46. The largest absolute Gasteiger partial charge is 0.409 e.